The lowest BCUT2D eigenvalue weighted by Crippen LogP contribution is -2.43. The predicted octanol–water partition coefficient (Wildman–Crippen LogP) is -1.72. The zero-order valence-electron chi connectivity index (χ0n) is 11.2. The average Bonchev–Trinajstić information content (AvgIpc) is 3.01. The standard InChI is InChI=1S/C9H11ClN5O7P/c10-9(2-21-4(6(9)16)1-22-23(18,19)20)15-7-5(13-14-15)8(17)12-3-11-7/h3-4,6,16H,1-2H2,(H,11,12,17)(H2,18,19,20)/t4-,6-,9?/m1/s1. The van der Waals surface area contributed by atoms with E-state index in [0.29, 0.717) is 0 Å². The molecular formula is C9H11ClN5O7P. The number of alkyl halides is 1. The Labute approximate surface area is 132 Å². The molecule has 1 aliphatic rings. The van der Waals surface area contributed by atoms with Crippen molar-refractivity contribution in [3.63, 3.8) is 0 Å². The summed E-state index contributed by atoms with van der Waals surface area (Å²) in [5, 5.41) is 17.7. The number of H-pyrrole nitrogens is 1. The number of hydrogen-bond acceptors (Lipinski definition) is 8. The fraction of sp³-hybridized carbons (Fsp3) is 0.556. The van der Waals surface area contributed by atoms with Gasteiger partial charge >= 0.3 is 7.82 Å². The highest BCUT2D eigenvalue weighted by molar-refractivity contribution is 7.46. The molecule has 1 aliphatic heterocycles. The number of ether oxygens (including phenoxy) is 1. The van der Waals surface area contributed by atoms with Gasteiger partial charge < -0.3 is 24.6 Å². The fourth-order valence-electron chi connectivity index (χ4n) is 2.19. The lowest BCUT2D eigenvalue weighted by atomic mass is 10.1. The van der Waals surface area contributed by atoms with Gasteiger partial charge in [0.25, 0.3) is 5.56 Å². The van der Waals surface area contributed by atoms with Gasteiger partial charge in [-0.1, -0.05) is 16.8 Å². The number of aromatic amines is 1. The number of aliphatic hydroxyl groups is 1. The Bertz CT molecular complexity index is 835. The number of aliphatic hydroxyl groups excluding tert-OH is 1. The number of phosphoric acid groups is 1. The summed E-state index contributed by atoms with van der Waals surface area (Å²) < 4.78 is 21.3. The molecule has 3 heterocycles. The first-order chi connectivity index (χ1) is 10.7. The van der Waals surface area contributed by atoms with Crippen molar-refractivity contribution in [2.75, 3.05) is 13.2 Å². The van der Waals surface area contributed by atoms with Crippen LogP contribution in [0.5, 0.6) is 0 Å². The second-order valence-electron chi connectivity index (χ2n) is 4.80. The lowest BCUT2D eigenvalue weighted by molar-refractivity contribution is -0.000144. The molecule has 23 heavy (non-hydrogen) atoms. The van der Waals surface area contributed by atoms with Crippen molar-refractivity contribution < 1.29 is 28.7 Å². The van der Waals surface area contributed by atoms with Crippen molar-refractivity contribution in [3.8, 4) is 0 Å². The van der Waals surface area contributed by atoms with Crippen molar-refractivity contribution in [1.82, 2.24) is 25.0 Å². The van der Waals surface area contributed by atoms with E-state index in [2.05, 4.69) is 24.8 Å². The maximum absolute atomic E-state index is 11.6. The molecule has 3 rings (SSSR count). The van der Waals surface area contributed by atoms with Gasteiger partial charge in [-0.25, -0.2) is 14.2 Å². The molecule has 1 fully saturated rings. The molecule has 0 radical (unpaired) electrons. The van der Waals surface area contributed by atoms with Crippen LogP contribution in [-0.4, -0.2) is 65.3 Å². The number of hydrogen-bond donors (Lipinski definition) is 4. The first kappa shape index (κ1) is 16.5. The number of halogens is 1. The molecule has 1 saturated heterocycles. The van der Waals surface area contributed by atoms with Gasteiger partial charge in [0.05, 0.1) is 19.5 Å². The van der Waals surface area contributed by atoms with Crippen LogP contribution < -0.4 is 5.56 Å². The zero-order chi connectivity index (χ0) is 16.8. The van der Waals surface area contributed by atoms with Gasteiger partial charge in [-0.15, -0.1) is 5.10 Å². The minimum Gasteiger partial charge on any atom is -0.386 e. The Kier molecular flexibility index (Phi) is 4.01. The Balaban J connectivity index is 1.91. The highest BCUT2D eigenvalue weighted by Gasteiger charge is 2.52. The summed E-state index contributed by atoms with van der Waals surface area (Å²) in [6.07, 6.45) is -1.43. The molecule has 0 amide bonds. The minimum absolute atomic E-state index is 0.0305. The SMILES string of the molecule is O=c1[nH]cnc2c1nnn2C1(Cl)CO[C@H](COP(=O)(O)O)[C@H]1O. The molecule has 0 aliphatic carbocycles. The number of nitrogens with one attached hydrogen (secondary N) is 1. The number of aromatic nitrogens is 5. The van der Waals surface area contributed by atoms with E-state index < -0.39 is 37.2 Å². The van der Waals surface area contributed by atoms with Crippen LogP contribution in [0.3, 0.4) is 0 Å². The summed E-state index contributed by atoms with van der Waals surface area (Å²) >= 11 is 6.35. The van der Waals surface area contributed by atoms with E-state index in [9.17, 15) is 14.5 Å². The second kappa shape index (κ2) is 5.60. The summed E-state index contributed by atoms with van der Waals surface area (Å²) in [6.45, 7) is -0.849. The molecule has 3 atom stereocenters. The third-order valence-electron chi connectivity index (χ3n) is 3.31. The molecule has 0 saturated carbocycles. The van der Waals surface area contributed by atoms with Crippen molar-refractivity contribution in [3.05, 3.63) is 16.7 Å². The van der Waals surface area contributed by atoms with Crippen molar-refractivity contribution in [2.45, 2.75) is 17.2 Å². The zero-order valence-corrected chi connectivity index (χ0v) is 12.9. The Morgan fingerprint density at radius 1 is 1.61 bits per heavy atom. The molecule has 0 spiro atoms. The number of nitrogens with zero attached hydrogens (tertiary/aromatic N) is 4. The van der Waals surface area contributed by atoms with Crippen LogP contribution >= 0.6 is 19.4 Å². The first-order valence-corrected chi connectivity index (χ1v) is 8.11. The fourth-order valence-corrected chi connectivity index (χ4v) is 2.85. The largest absolute Gasteiger partial charge is 0.469 e. The van der Waals surface area contributed by atoms with Gasteiger partial charge in [-0.2, -0.15) is 0 Å². The molecule has 12 nitrogen and oxygen atoms in total. The molecule has 14 heteroatoms. The normalized spacial score (nSPS) is 28.5. The van der Waals surface area contributed by atoms with Gasteiger partial charge in [-0.3, -0.25) is 9.32 Å². The highest BCUT2D eigenvalue weighted by atomic mass is 35.5. The van der Waals surface area contributed by atoms with E-state index >= 15 is 0 Å². The Morgan fingerprint density at radius 2 is 2.35 bits per heavy atom. The van der Waals surface area contributed by atoms with E-state index in [0.717, 1.165) is 11.0 Å². The van der Waals surface area contributed by atoms with E-state index in [1.165, 1.54) is 0 Å². The first-order valence-electron chi connectivity index (χ1n) is 6.20. The van der Waals surface area contributed by atoms with Gasteiger partial charge in [0.2, 0.25) is 0 Å². The van der Waals surface area contributed by atoms with E-state index in [1.807, 2.05) is 0 Å². The summed E-state index contributed by atoms with van der Waals surface area (Å²) in [4.78, 5) is 33.6. The maximum atomic E-state index is 11.6. The summed E-state index contributed by atoms with van der Waals surface area (Å²) in [7, 11) is -4.72. The third kappa shape index (κ3) is 2.90. The van der Waals surface area contributed by atoms with Crippen molar-refractivity contribution in [2.24, 2.45) is 0 Å². The van der Waals surface area contributed by atoms with Gasteiger partial charge in [0, 0.05) is 0 Å². The monoisotopic (exact) mass is 367 g/mol. The van der Waals surface area contributed by atoms with Crippen LogP contribution in [0.25, 0.3) is 11.2 Å². The minimum atomic E-state index is -4.72. The van der Waals surface area contributed by atoms with Crippen LogP contribution in [0, 0.1) is 0 Å². The van der Waals surface area contributed by atoms with E-state index in [1.54, 1.807) is 0 Å². The molecule has 1 unspecified atom stereocenters. The number of rotatable bonds is 4. The van der Waals surface area contributed by atoms with E-state index in [-0.39, 0.29) is 17.8 Å². The Hall–Kier alpha value is -1.40. The van der Waals surface area contributed by atoms with Crippen LogP contribution in [0.15, 0.2) is 11.1 Å². The lowest BCUT2D eigenvalue weighted by Gasteiger charge is -2.25. The molecule has 0 bridgehead atoms. The van der Waals surface area contributed by atoms with Gasteiger partial charge in [0.1, 0.15) is 12.2 Å². The molecule has 126 valence electrons. The topological polar surface area (TPSA) is 173 Å². The van der Waals surface area contributed by atoms with Gasteiger partial charge in [0.15, 0.2) is 16.2 Å². The van der Waals surface area contributed by atoms with E-state index in [4.69, 9.17) is 26.1 Å². The highest BCUT2D eigenvalue weighted by Crippen LogP contribution is 2.40. The summed E-state index contributed by atoms with van der Waals surface area (Å²) in [5.41, 5.74) is -0.575. The number of fused-ring (bicyclic) bond motifs is 1. The average molecular weight is 368 g/mol. The van der Waals surface area contributed by atoms with Crippen molar-refractivity contribution >= 4 is 30.6 Å². The number of phosphoric ester groups is 1. The van der Waals surface area contributed by atoms with Crippen molar-refractivity contribution in [1.29, 1.82) is 0 Å². The molecule has 2 aromatic heterocycles. The van der Waals surface area contributed by atoms with Crippen LogP contribution in [-0.2, 0) is 18.8 Å². The van der Waals surface area contributed by atoms with Crippen LogP contribution in [0.1, 0.15) is 0 Å². The molecule has 0 aromatic carbocycles. The quantitative estimate of drug-likeness (QED) is 0.359. The Morgan fingerprint density at radius 3 is 3.04 bits per heavy atom. The van der Waals surface area contributed by atoms with Crippen LogP contribution in [0.2, 0.25) is 0 Å². The molecule has 2 aromatic rings. The molecular weight excluding hydrogens is 357 g/mol. The van der Waals surface area contributed by atoms with Crippen LogP contribution in [0.4, 0.5) is 0 Å². The third-order valence-corrected chi connectivity index (χ3v) is 4.29. The second-order valence-corrected chi connectivity index (χ2v) is 6.70. The molecule has 4 N–H and O–H groups in total. The summed E-state index contributed by atoms with van der Waals surface area (Å²) in [5.74, 6) is 0. The summed E-state index contributed by atoms with van der Waals surface area (Å²) in [6, 6.07) is 0. The maximum Gasteiger partial charge on any atom is 0.469 e. The predicted molar refractivity (Wildman–Crippen MR) is 73.5 cm³/mol. The smallest absolute Gasteiger partial charge is 0.386 e. The van der Waals surface area contributed by atoms with Gasteiger partial charge in [-0.05, 0) is 0 Å².